The van der Waals surface area contributed by atoms with E-state index in [1.54, 1.807) is 0 Å². The van der Waals surface area contributed by atoms with Gasteiger partial charge in [0.05, 0.1) is 11.0 Å². The molecule has 0 aliphatic heterocycles. The van der Waals surface area contributed by atoms with Crippen molar-refractivity contribution in [2.24, 2.45) is 4.99 Å². The Balaban J connectivity index is 1.65. The lowest BCUT2D eigenvalue weighted by Gasteiger charge is -2.24. The van der Waals surface area contributed by atoms with Gasteiger partial charge in [0.25, 0.3) is 0 Å². The Hall–Kier alpha value is -5.22. The minimum Gasteiger partial charge on any atom is -0.456 e. The standard InChI is InChI=1S/C38H29N3O/c1-21(2)41-29-17-18-31-34(25-14-7-9-16-30(25)42-31)33(29)27-20-26(22-11-10-12-23(19-22)37(39)40-5)32-24-13-6-8-15-28(24)38(3,4)35(32)36(27)41/h6-20,39H,1,5H2,2-4H3. The zero-order chi connectivity index (χ0) is 28.9. The summed E-state index contributed by atoms with van der Waals surface area (Å²) in [6.07, 6.45) is 0. The van der Waals surface area contributed by atoms with Crippen molar-refractivity contribution in [3.05, 3.63) is 114 Å². The predicted octanol–water partition coefficient (Wildman–Crippen LogP) is 10.2. The maximum Gasteiger partial charge on any atom is 0.151 e. The average Bonchev–Trinajstić information content (AvgIpc) is 3.62. The maximum absolute atomic E-state index is 8.36. The lowest BCUT2D eigenvalue weighted by molar-refractivity contribution is 0.664. The molecule has 8 rings (SSSR count). The summed E-state index contributed by atoms with van der Waals surface area (Å²) in [7, 11) is 0. The van der Waals surface area contributed by atoms with Gasteiger partial charge in [-0.2, -0.15) is 0 Å². The first-order chi connectivity index (χ1) is 20.3. The Morgan fingerprint density at radius 2 is 1.62 bits per heavy atom. The summed E-state index contributed by atoms with van der Waals surface area (Å²) >= 11 is 0. The number of furan rings is 1. The lowest BCUT2D eigenvalue weighted by atomic mass is 9.80. The van der Waals surface area contributed by atoms with Crippen molar-refractivity contribution in [3.8, 4) is 22.3 Å². The molecule has 0 saturated heterocycles. The highest BCUT2D eigenvalue weighted by molar-refractivity contribution is 6.29. The van der Waals surface area contributed by atoms with Crippen LogP contribution in [0.15, 0.2) is 107 Å². The van der Waals surface area contributed by atoms with E-state index in [-0.39, 0.29) is 11.3 Å². The summed E-state index contributed by atoms with van der Waals surface area (Å²) in [6, 6.07) is 31.8. The Morgan fingerprint density at radius 1 is 0.833 bits per heavy atom. The maximum atomic E-state index is 8.36. The Morgan fingerprint density at radius 3 is 2.43 bits per heavy atom. The van der Waals surface area contributed by atoms with Crippen molar-refractivity contribution in [2.75, 3.05) is 0 Å². The van der Waals surface area contributed by atoms with Crippen LogP contribution in [0.3, 0.4) is 0 Å². The molecule has 1 aliphatic rings. The second-order valence-electron chi connectivity index (χ2n) is 11.8. The van der Waals surface area contributed by atoms with Gasteiger partial charge in [0.2, 0.25) is 0 Å². The molecule has 0 amide bonds. The highest BCUT2D eigenvalue weighted by atomic mass is 16.3. The van der Waals surface area contributed by atoms with E-state index < -0.39 is 0 Å². The van der Waals surface area contributed by atoms with Crippen LogP contribution in [0.4, 0.5) is 0 Å². The van der Waals surface area contributed by atoms with E-state index in [0.29, 0.717) is 0 Å². The summed E-state index contributed by atoms with van der Waals surface area (Å²) in [5, 5.41) is 12.9. The molecule has 0 saturated carbocycles. The van der Waals surface area contributed by atoms with Crippen molar-refractivity contribution in [2.45, 2.75) is 26.2 Å². The molecule has 0 bridgehead atoms. The van der Waals surface area contributed by atoms with Gasteiger partial charge in [-0.15, -0.1) is 0 Å². The van der Waals surface area contributed by atoms with Gasteiger partial charge in [-0.25, -0.2) is 4.99 Å². The number of aliphatic imine (C=N–C) groups is 1. The van der Waals surface area contributed by atoms with Crippen LogP contribution >= 0.6 is 0 Å². The zero-order valence-electron chi connectivity index (χ0n) is 23.9. The summed E-state index contributed by atoms with van der Waals surface area (Å²) in [6.45, 7) is 14.8. The van der Waals surface area contributed by atoms with Gasteiger partial charge in [-0.1, -0.05) is 81.1 Å². The van der Waals surface area contributed by atoms with E-state index in [1.807, 2.05) is 24.3 Å². The normalized spacial score (nSPS) is 13.6. The Bertz CT molecular complexity index is 2340. The molecule has 0 unspecified atom stereocenters. The van der Waals surface area contributed by atoms with E-state index in [1.165, 1.54) is 38.5 Å². The first-order valence-electron chi connectivity index (χ1n) is 14.2. The third kappa shape index (κ3) is 3.07. The van der Waals surface area contributed by atoms with Crippen LogP contribution in [0.5, 0.6) is 0 Å². The number of rotatable bonds is 3. The number of para-hydroxylation sites is 1. The van der Waals surface area contributed by atoms with Gasteiger partial charge in [-0.05, 0) is 77.4 Å². The van der Waals surface area contributed by atoms with Crippen molar-refractivity contribution in [3.63, 3.8) is 0 Å². The molecule has 42 heavy (non-hydrogen) atoms. The number of hydrogen-bond acceptors (Lipinski definition) is 2. The third-order valence-electron chi connectivity index (χ3n) is 9.04. The summed E-state index contributed by atoms with van der Waals surface area (Å²) < 4.78 is 8.70. The SMILES string of the molecule is C=NC(=N)c1cccc(-c2cc3c4c5c(ccc4n(C(=C)C)c3c3c2-c2ccccc2C3(C)C)oc2ccccc25)c1. The molecular formula is C38H29N3O. The number of amidine groups is 1. The van der Waals surface area contributed by atoms with Gasteiger partial charge < -0.3 is 8.98 Å². The lowest BCUT2D eigenvalue weighted by Crippen LogP contribution is -2.16. The molecular weight excluding hydrogens is 514 g/mol. The molecule has 1 aliphatic carbocycles. The van der Waals surface area contributed by atoms with Crippen LogP contribution in [-0.2, 0) is 5.41 Å². The van der Waals surface area contributed by atoms with Gasteiger partial charge in [-0.3, -0.25) is 5.41 Å². The smallest absolute Gasteiger partial charge is 0.151 e. The van der Waals surface area contributed by atoms with Gasteiger partial charge >= 0.3 is 0 Å². The fourth-order valence-corrected chi connectivity index (χ4v) is 7.30. The van der Waals surface area contributed by atoms with Gasteiger partial charge in [0, 0.05) is 38.2 Å². The van der Waals surface area contributed by atoms with E-state index in [9.17, 15) is 0 Å². The highest BCUT2D eigenvalue weighted by Crippen LogP contribution is 2.57. The topological polar surface area (TPSA) is 54.3 Å². The number of fused-ring (bicyclic) bond motifs is 11. The molecule has 0 radical (unpaired) electrons. The van der Waals surface area contributed by atoms with Crippen molar-refractivity contribution in [1.82, 2.24) is 4.57 Å². The molecule has 5 aromatic carbocycles. The summed E-state index contributed by atoms with van der Waals surface area (Å²) in [4.78, 5) is 3.91. The second-order valence-corrected chi connectivity index (χ2v) is 11.8. The molecule has 4 nitrogen and oxygen atoms in total. The van der Waals surface area contributed by atoms with Crippen LogP contribution in [0.2, 0.25) is 0 Å². The number of nitrogens with one attached hydrogen (secondary N) is 1. The molecule has 202 valence electrons. The number of allylic oxidation sites excluding steroid dienone is 1. The van der Waals surface area contributed by atoms with E-state index in [2.05, 4.69) is 110 Å². The molecule has 1 N–H and O–H groups in total. The fraction of sp³-hybridized carbons (Fsp3) is 0.105. The molecule has 0 atom stereocenters. The number of aromatic nitrogens is 1. The molecule has 7 aromatic rings. The van der Waals surface area contributed by atoms with E-state index in [4.69, 9.17) is 9.83 Å². The van der Waals surface area contributed by atoms with Crippen LogP contribution in [-0.4, -0.2) is 17.1 Å². The fourth-order valence-electron chi connectivity index (χ4n) is 7.30. The minimum absolute atomic E-state index is 0.167. The quantitative estimate of drug-likeness (QED) is 0.175. The second kappa shape index (κ2) is 8.40. The first kappa shape index (κ1) is 24.6. The number of hydrogen-bond donors (Lipinski definition) is 1. The molecule has 4 heteroatoms. The third-order valence-corrected chi connectivity index (χ3v) is 9.04. The zero-order valence-corrected chi connectivity index (χ0v) is 23.9. The number of benzene rings is 5. The Labute approximate surface area is 243 Å². The van der Waals surface area contributed by atoms with Gasteiger partial charge in [0.1, 0.15) is 11.2 Å². The van der Waals surface area contributed by atoms with Crippen LogP contribution in [0.25, 0.3) is 71.7 Å². The summed E-state index contributed by atoms with van der Waals surface area (Å²) in [5.74, 6) is 0.167. The van der Waals surface area contributed by atoms with E-state index in [0.717, 1.165) is 49.8 Å². The highest BCUT2D eigenvalue weighted by Gasteiger charge is 2.40. The molecule has 0 fully saturated rings. The van der Waals surface area contributed by atoms with Crippen molar-refractivity contribution < 1.29 is 4.42 Å². The van der Waals surface area contributed by atoms with Crippen molar-refractivity contribution in [1.29, 1.82) is 5.41 Å². The largest absolute Gasteiger partial charge is 0.456 e. The molecule has 0 spiro atoms. The van der Waals surface area contributed by atoms with Crippen LogP contribution in [0.1, 0.15) is 37.5 Å². The number of nitrogens with zero attached hydrogens (tertiary/aromatic N) is 2. The molecule has 2 aromatic heterocycles. The van der Waals surface area contributed by atoms with Crippen molar-refractivity contribution >= 4 is 62.0 Å². The van der Waals surface area contributed by atoms with Gasteiger partial charge in [0.15, 0.2) is 5.84 Å². The first-order valence-corrected chi connectivity index (χ1v) is 14.2. The van der Waals surface area contributed by atoms with E-state index >= 15 is 0 Å². The van der Waals surface area contributed by atoms with Crippen LogP contribution in [0, 0.1) is 5.41 Å². The Kier molecular flexibility index (Phi) is 4.91. The van der Waals surface area contributed by atoms with Crippen LogP contribution < -0.4 is 0 Å². The minimum atomic E-state index is -0.258. The monoisotopic (exact) mass is 543 g/mol. The average molecular weight is 544 g/mol. The summed E-state index contributed by atoms with van der Waals surface area (Å²) in [5.41, 5.74) is 12.8. The predicted molar refractivity (Wildman–Crippen MR) is 177 cm³/mol. The molecule has 2 heterocycles.